The molecule has 9 heteroatoms. The molecule has 3 saturated carbocycles. The molecule has 0 atom stereocenters. The summed E-state index contributed by atoms with van der Waals surface area (Å²) in [6, 6.07) is 12.8. The van der Waals surface area contributed by atoms with E-state index in [9.17, 15) is 5.26 Å². The van der Waals surface area contributed by atoms with Crippen LogP contribution in [0.15, 0.2) is 41.8 Å². The van der Waals surface area contributed by atoms with E-state index in [0.717, 1.165) is 67.0 Å². The van der Waals surface area contributed by atoms with Crippen molar-refractivity contribution in [3.8, 4) is 6.07 Å². The number of hydrogen-bond acceptors (Lipinski definition) is 8. The average Bonchev–Trinajstić information content (AvgIpc) is 3.25. The second kappa shape index (κ2) is 8.87. The van der Waals surface area contributed by atoms with Gasteiger partial charge < -0.3 is 18.9 Å². The fourth-order valence-corrected chi connectivity index (χ4v) is 6.15. The van der Waals surface area contributed by atoms with Gasteiger partial charge in [-0.3, -0.25) is 5.43 Å². The van der Waals surface area contributed by atoms with Gasteiger partial charge in [0.25, 0.3) is 0 Å². The van der Waals surface area contributed by atoms with Crippen molar-refractivity contribution in [3.63, 3.8) is 0 Å². The van der Waals surface area contributed by atoms with Gasteiger partial charge in [0, 0.05) is 38.4 Å². The van der Waals surface area contributed by atoms with Crippen molar-refractivity contribution in [2.45, 2.75) is 32.7 Å². The number of aromatic nitrogens is 3. The van der Waals surface area contributed by atoms with Gasteiger partial charge in [0.1, 0.15) is 5.52 Å². The van der Waals surface area contributed by atoms with Crippen LogP contribution in [0.2, 0.25) is 0 Å². The van der Waals surface area contributed by atoms with Crippen molar-refractivity contribution >= 4 is 28.4 Å². The predicted molar refractivity (Wildman–Crippen MR) is 138 cm³/mol. The number of rotatable bonds is 8. The fourth-order valence-electron chi connectivity index (χ4n) is 6.15. The lowest BCUT2D eigenvalue weighted by Gasteiger charge is -2.67. The Morgan fingerprint density at radius 3 is 2.78 bits per heavy atom. The van der Waals surface area contributed by atoms with Crippen LogP contribution in [0.5, 0.6) is 0 Å². The molecule has 0 spiro atoms. The van der Waals surface area contributed by atoms with Crippen LogP contribution in [0.4, 0.5) is 11.5 Å². The number of fused-ring (bicyclic) bond motifs is 1. The molecule has 3 aliphatic carbocycles. The Morgan fingerprint density at radius 2 is 2.06 bits per heavy atom. The predicted octanol–water partition coefficient (Wildman–Crippen LogP) is 3.73. The van der Waals surface area contributed by atoms with Crippen molar-refractivity contribution in [1.29, 1.82) is 5.26 Å². The van der Waals surface area contributed by atoms with Crippen LogP contribution in [-0.2, 0) is 16.0 Å². The molecular weight excluding hydrogens is 454 g/mol. The lowest BCUT2D eigenvalue weighted by Crippen LogP contribution is -2.62. The summed E-state index contributed by atoms with van der Waals surface area (Å²) in [5, 5.41) is 14.1. The van der Waals surface area contributed by atoms with Gasteiger partial charge >= 0.3 is 0 Å². The number of pyridine rings is 1. The van der Waals surface area contributed by atoms with Crippen LogP contribution in [0.25, 0.3) is 11.2 Å². The third-order valence-electron chi connectivity index (χ3n) is 7.73. The van der Waals surface area contributed by atoms with Gasteiger partial charge in [-0.25, -0.2) is 9.97 Å². The van der Waals surface area contributed by atoms with E-state index < -0.39 is 0 Å². The number of anilines is 2. The number of hydrazone groups is 1. The molecule has 36 heavy (non-hydrogen) atoms. The topological polar surface area (TPSA) is 101 Å². The third-order valence-corrected chi connectivity index (χ3v) is 7.73. The van der Waals surface area contributed by atoms with E-state index in [1.165, 1.54) is 5.56 Å². The summed E-state index contributed by atoms with van der Waals surface area (Å²) in [5.74, 6) is 0.665. The minimum atomic E-state index is -0.0717. The largest absolute Gasteiger partial charge is 0.378 e. The molecule has 1 aromatic carbocycles. The molecule has 1 aliphatic heterocycles. The van der Waals surface area contributed by atoms with Crippen LogP contribution < -0.4 is 10.3 Å². The second-order valence-corrected chi connectivity index (χ2v) is 10.6. The van der Waals surface area contributed by atoms with Gasteiger partial charge in [-0.15, -0.1) is 0 Å². The lowest BCUT2D eigenvalue weighted by molar-refractivity contribution is -0.172. The van der Waals surface area contributed by atoms with E-state index in [0.29, 0.717) is 25.6 Å². The summed E-state index contributed by atoms with van der Waals surface area (Å²) >= 11 is 0. The number of hydrogen-bond donors (Lipinski definition) is 1. The van der Waals surface area contributed by atoms with Gasteiger partial charge in [0.15, 0.2) is 11.5 Å². The quantitative estimate of drug-likeness (QED) is 0.383. The van der Waals surface area contributed by atoms with E-state index in [1.807, 2.05) is 24.5 Å². The van der Waals surface area contributed by atoms with E-state index in [2.05, 4.69) is 40.0 Å². The Kier molecular flexibility index (Phi) is 5.66. The van der Waals surface area contributed by atoms with Gasteiger partial charge in [0.05, 0.1) is 49.0 Å². The number of nitriles is 1. The molecule has 4 aliphatic rings. The van der Waals surface area contributed by atoms with Crippen molar-refractivity contribution in [3.05, 3.63) is 47.8 Å². The first kappa shape index (κ1) is 23.0. The highest BCUT2D eigenvalue weighted by Gasteiger charge is 2.68. The summed E-state index contributed by atoms with van der Waals surface area (Å²) in [6.45, 7) is 6.29. The maximum Gasteiger partial charge on any atom is 0.164 e. The minimum Gasteiger partial charge on any atom is -0.378 e. The molecule has 1 saturated heterocycles. The Balaban J connectivity index is 1.34. The molecule has 1 N–H and O–H groups in total. The Hall–Kier alpha value is -3.48. The molecule has 7 rings (SSSR count). The van der Waals surface area contributed by atoms with E-state index >= 15 is 0 Å². The lowest BCUT2D eigenvalue weighted by atomic mass is 9.35. The highest BCUT2D eigenvalue weighted by Crippen LogP contribution is 2.73. The highest BCUT2D eigenvalue weighted by molar-refractivity contribution is 6.02. The number of methoxy groups -OCH3 is 1. The van der Waals surface area contributed by atoms with Crippen LogP contribution in [0.1, 0.15) is 30.4 Å². The molecule has 0 amide bonds. The molecular formula is C27H31N7O2. The molecule has 0 unspecified atom stereocenters. The highest BCUT2D eigenvalue weighted by atomic mass is 16.5. The number of nitrogens with one attached hydrogen (secondary N) is 1. The maximum absolute atomic E-state index is 9.43. The van der Waals surface area contributed by atoms with Crippen molar-refractivity contribution in [2.24, 2.45) is 15.9 Å². The summed E-state index contributed by atoms with van der Waals surface area (Å²) in [7, 11) is 1.67. The van der Waals surface area contributed by atoms with Crippen LogP contribution in [0, 0.1) is 29.1 Å². The number of benzene rings is 1. The zero-order valence-corrected chi connectivity index (χ0v) is 20.8. The molecule has 186 valence electrons. The number of aryl methyl sites for hydroxylation is 1. The summed E-state index contributed by atoms with van der Waals surface area (Å²) in [6.07, 6.45) is 4.83. The van der Waals surface area contributed by atoms with Gasteiger partial charge in [-0.05, 0) is 31.6 Å². The van der Waals surface area contributed by atoms with Crippen LogP contribution in [0.3, 0.4) is 0 Å². The first-order valence-electron chi connectivity index (χ1n) is 12.5. The SMILES string of the molecule is COC/C(=N\Nc1cc(N2CCOCC2)c2ncn(CC34CC(C#N)(C3)C4)c2n1)c1cccc(C)c1. The average molecular weight is 486 g/mol. The first-order valence-corrected chi connectivity index (χ1v) is 12.5. The molecule has 3 aromatic rings. The third kappa shape index (κ3) is 4.00. The van der Waals surface area contributed by atoms with Crippen LogP contribution >= 0.6 is 0 Å². The van der Waals surface area contributed by atoms with Crippen molar-refractivity contribution in [2.75, 3.05) is 50.3 Å². The smallest absolute Gasteiger partial charge is 0.164 e. The number of nitrogens with zero attached hydrogens (tertiary/aromatic N) is 6. The van der Waals surface area contributed by atoms with E-state index in [-0.39, 0.29) is 10.8 Å². The Morgan fingerprint density at radius 1 is 1.25 bits per heavy atom. The van der Waals surface area contributed by atoms with E-state index in [1.54, 1.807) is 7.11 Å². The summed E-state index contributed by atoms with van der Waals surface area (Å²) < 4.78 is 13.2. The van der Waals surface area contributed by atoms with Crippen molar-refractivity contribution in [1.82, 2.24) is 14.5 Å². The Bertz CT molecular complexity index is 1350. The fraction of sp³-hybridized carbons (Fsp3) is 0.481. The zero-order valence-electron chi connectivity index (χ0n) is 20.8. The van der Waals surface area contributed by atoms with Crippen LogP contribution in [-0.4, -0.2) is 60.3 Å². The number of ether oxygens (including phenoxy) is 2. The van der Waals surface area contributed by atoms with Gasteiger partial charge in [0.2, 0.25) is 0 Å². The normalized spacial score (nSPS) is 25.2. The number of imidazole rings is 1. The molecule has 4 fully saturated rings. The molecule has 2 bridgehead atoms. The first-order chi connectivity index (χ1) is 17.5. The van der Waals surface area contributed by atoms with Crippen molar-refractivity contribution < 1.29 is 9.47 Å². The molecule has 9 nitrogen and oxygen atoms in total. The number of morpholine rings is 1. The Labute approximate surface area is 210 Å². The minimum absolute atomic E-state index is 0.0717. The molecule has 3 heterocycles. The second-order valence-electron chi connectivity index (χ2n) is 10.6. The monoisotopic (exact) mass is 485 g/mol. The molecule has 0 radical (unpaired) electrons. The summed E-state index contributed by atoms with van der Waals surface area (Å²) in [4.78, 5) is 12.0. The standard InChI is InChI=1S/C27H31N7O2/c1-19-4-3-5-20(10-19)21(12-35-2)31-32-23-11-22(33-6-8-36-9-7-33)24-25(30-23)34(18-29-24)17-27-13-26(14-27,15-27)16-28/h3-5,10-11,18H,6-9,12-15,17H2,1-2H3,(H,30,32)/b31-21+. The molecule has 2 aromatic heterocycles. The van der Waals surface area contributed by atoms with Gasteiger partial charge in [-0.1, -0.05) is 29.8 Å². The summed E-state index contributed by atoms with van der Waals surface area (Å²) in [5.41, 5.74) is 9.11. The van der Waals surface area contributed by atoms with E-state index in [4.69, 9.17) is 24.5 Å². The van der Waals surface area contributed by atoms with Gasteiger partial charge in [-0.2, -0.15) is 10.4 Å². The zero-order chi connectivity index (χ0) is 24.8. The maximum atomic E-state index is 9.43.